The Labute approximate surface area is 200 Å². The van der Waals surface area contributed by atoms with E-state index in [1.807, 2.05) is 20.8 Å². The number of nitrogens with zero attached hydrogens (tertiary/aromatic N) is 4. The molecule has 0 bridgehead atoms. The van der Waals surface area contributed by atoms with E-state index in [1.54, 1.807) is 53.4 Å². The largest absolute Gasteiger partial charge is 0.447 e. The van der Waals surface area contributed by atoms with Gasteiger partial charge in [0, 0.05) is 22.3 Å². The molecule has 10 heteroatoms. The molecule has 1 aliphatic rings. The van der Waals surface area contributed by atoms with Crippen molar-refractivity contribution >= 4 is 34.9 Å². The van der Waals surface area contributed by atoms with Crippen molar-refractivity contribution in [2.45, 2.75) is 45.3 Å². The first-order valence-corrected chi connectivity index (χ1v) is 11.4. The molecule has 2 aromatic carbocycles. The number of hydrogen-bond donors (Lipinski definition) is 0. The van der Waals surface area contributed by atoms with Crippen LogP contribution in [0, 0.1) is 0 Å². The van der Waals surface area contributed by atoms with E-state index in [1.165, 1.54) is 4.90 Å². The number of carbonyl (C=O) groups excluding carboxylic acids is 1. The number of halogens is 2. The molecule has 0 unspecified atom stereocenters. The Balaban J connectivity index is 1.89. The van der Waals surface area contributed by atoms with Crippen molar-refractivity contribution in [3.8, 4) is 5.69 Å². The van der Waals surface area contributed by atoms with Gasteiger partial charge in [-0.25, -0.2) is 14.4 Å². The normalized spacial score (nSPS) is 17.7. The first-order chi connectivity index (χ1) is 15.7. The number of urea groups is 1. The zero-order valence-electron chi connectivity index (χ0n) is 18.5. The molecule has 33 heavy (non-hydrogen) atoms. The fourth-order valence-electron chi connectivity index (χ4n) is 4.18. The van der Waals surface area contributed by atoms with Crippen molar-refractivity contribution in [1.29, 1.82) is 0 Å². The third-order valence-corrected chi connectivity index (χ3v) is 6.40. The molecule has 0 N–H and O–H groups in total. The Morgan fingerprint density at radius 3 is 2.00 bits per heavy atom. The Hall–Kier alpha value is -2.97. The molecule has 3 aromatic rings. The summed E-state index contributed by atoms with van der Waals surface area (Å²) in [6.07, 6.45) is 0.783. The van der Waals surface area contributed by atoms with Gasteiger partial charge in [-0.15, -0.1) is 4.74 Å². The third-order valence-electron chi connectivity index (χ3n) is 5.89. The van der Waals surface area contributed by atoms with Crippen LogP contribution in [-0.2, 0) is 0 Å². The minimum Gasteiger partial charge on any atom is -0.315 e. The highest BCUT2D eigenvalue weighted by Gasteiger charge is 2.54. The predicted molar refractivity (Wildman–Crippen MR) is 128 cm³/mol. The Kier molecular flexibility index (Phi) is 6.16. The van der Waals surface area contributed by atoms with Crippen LogP contribution in [0.15, 0.2) is 62.6 Å². The monoisotopic (exact) mass is 490 g/mol. The van der Waals surface area contributed by atoms with Gasteiger partial charge in [0.1, 0.15) is 0 Å². The summed E-state index contributed by atoms with van der Waals surface area (Å²) in [5.74, 6) is -0.853. The molecular weight excluding hydrogens is 467 g/mol. The number of rotatable bonds is 6. The minimum atomic E-state index is -0.906. The van der Waals surface area contributed by atoms with Crippen LogP contribution in [0.4, 0.5) is 10.5 Å². The van der Waals surface area contributed by atoms with Gasteiger partial charge in [-0.3, -0.25) is 4.90 Å². The number of unbranched alkanes of at least 4 members (excludes halogenated alkanes) is 1. The van der Waals surface area contributed by atoms with Gasteiger partial charge in [-0.2, -0.15) is 4.57 Å². The summed E-state index contributed by atoms with van der Waals surface area (Å²) in [6, 6.07) is 12.7. The molecule has 0 saturated carbocycles. The summed E-state index contributed by atoms with van der Waals surface area (Å²) in [4.78, 5) is 42.9. The molecule has 174 valence electrons. The molecule has 1 atom stereocenters. The van der Waals surface area contributed by atoms with E-state index in [0.717, 1.165) is 22.1 Å². The first kappa shape index (κ1) is 23.2. The van der Waals surface area contributed by atoms with Gasteiger partial charge in [0.15, 0.2) is 6.17 Å². The van der Waals surface area contributed by atoms with Crippen LogP contribution in [0.1, 0.15) is 39.8 Å². The first-order valence-electron chi connectivity index (χ1n) is 10.6. The molecule has 2 heterocycles. The SMILES string of the molecule is CCCCN1C(=O)N(c2ccc(Cl)cc2)[C@H](n2oc(=O)n(-c3ccc(Cl)cc3)c2=O)C1(C)C. The maximum absolute atomic E-state index is 13.6. The number of hydrogen-bond acceptors (Lipinski definition) is 4. The number of benzene rings is 2. The van der Waals surface area contributed by atoms with Crippen molar-refractivity contribution in [3.05, 3.63) is 79.6 Å². The third kappa shape index (κ3) is 3.98. The molecule has 1 aliphatic heterocycles. The molecule has 2 amide bonds. The Morgan fingerprint density at radius 2 is 1.45 bits per heavy atom. The van der Waals surface area contributed by atoms with E-state index in [4.69, 9.17) is 27.7 Å². The van der Waals surface area contributed by atoms with Gasteiger partial charge >= 0.3 is 17.5 Å². The zero-order chi connectivity index (χ0) is 23.9. The molecule has 0 spiro atoms. The predicted octanol–water partition coefficient (Wildman–Crippen LogP) is 4.92. The molecular formula is C23H24Cl2N4O4. The Morgan fingerprint density at radius 1 is 0.909 bits per heavy atom. The van der Waals surface area contributed by atoms with Crippen molar-refractivity contribution < 1.29 is 9.32 Å². The highest BCUT2D eigenvalue weighted by Crippen LogP contribution is 2.42. The summed E-state index contributed by atoms with van der Waals surface area (Å²) in [5.41, 5.74) is -0.697. The fourth-order valence-corrected chi connectivity index (χ4v) is 4.43. The molecule has 4 rings (SSSR count). The maximum Gasteiger partial charge on any atom is 0.447 e. The van der Waals surface area contributed by atoms with Crippen molar-refractivity contribution in [1.82, 2.24) is 14.2 Å². The van der Waals surface area contributed by atoms with Gasteiger partial charge < -0.3 is 9.42 Å². The number of aromatic nitrogens is 2. The highest BCUT2D eigenvalue weighted by molar-refractivity contribution is 6.30. The number of anilines is 1. The van der Waals surface area contributed by atoms with E-state index >= 15 is 0 Å². The Bertz CT molecular complexity index is 1280. The molecule has 0 aliphatic carbocycles. The highest BCUT2D eigenvalue weighted by atomic mass is 35.5. The van der Waals surface area contributed by atoms with Crippen molar-refractivity contribution in [2.24, 2.45) is 0 Å². The standard InChI is InChI=1S/C23H24Cl2N4O4/c1-4-5-14-26-20(30)27(17-10-6-15(24)7-11-17)19(23(26,2)3)29-21(31)28(22(32)33-29)18-12-8-16(25)9-13-18/h6-13,19H,4-5,14H2,1-3H3/t19-/m1/s1. The van der Waals surface area contributed by atoms with Crippen LogP contribution in [-0.4, -0.2) is 32.3 Å². The van der Waals surface area contributed by atoms with Crippen LogP contribution in [0.2, 0.25) is 10.0 Å². The summed E-state index contributed by atoms with van der Waals surface area (Å²) < 4.78 is 7.36. The van der Waals surface area contributed by atoms with Crippen LogP contribution in [0.25, 0.3) is 5.69 Å². The van der Waals surface area contributed by atoms with E-state index < -0.39 is 23.2 Å². The molecule has 1 aromatic heterocycles. The molecule has 0 radical (unpaired) electrons. The number of carbonyl (C=O) groups is 1. The van der Waals surface area contributed by atoms with Gasteiger partial charge in [-0.1, -0.05) is 36.5 Å². The van der Waals surface area contributed by atoms with Crippen LogP contribution in [0.5, 0.6) is 0 Å². The summed E-state index contributed by atoms with van der Waals surface area (Å²) in [5, 5.41) is 0.986. The number of amides is 2. The summed E-state index contributed by atoms with van der Waals surface area (Å²) >= 11 is 12.0. The van der Waals surface area contributed by atoms with Crippen LogP contribution >= 0.6 is 23.2 Å². The summed E-state index contributed by atoms with van der Waals surface area (Å²) in [6.45, 7) is 6.25. The quantitative estimate of drug-likeness (QED) is 0.491. The van der Waals surface area contributed by atoms with E-state index in [-0.39, 0.29) is 6.03 Å². The fraction of sp³-hybridized carbons (Fsp3) is 0.348. The lowest BCUT2D eigenvalue weighted by molar-refractivity contribution is 0.0962. The van der Waals surface area contributed by atoms with E-state index in [2.05, 4.69) is 0 Å². The van der Waals surface area contributed by atoms with Gasteiger partial charge in [0.05, 0.1) is 11.2 Å². The molecule has 1 fully saturated rings. The minimum absolute atomic E-state index is 0.283. The average Bonchev–Trinajstić information content (AvgIpc) is 3.16. The summed E-state index contributed by atoms with van der Waals surface area (Å²) in [7, 11) is 0. The second-order valence-corrected chi connectivity index (χ2v) is 9.31. The second-order valence-electron chi connectivity index (χ2n) is 8.44. The lowest BCUT2D eigenvalue weighted by Gasteiger charge is -2.33. The van der Waals surface area contributed by atoms with E-state index in [0.29, 0.717) is 28.0 Å². The maximum atomic E-state index is 13.6. The lowest BCUT2D eigenvalue weighted by Crippen LogP contribution is -2.47. The van der Waals surface area contributed by atoms with Crippen molar-refractivity contribution in [2.75, 3.05) is 11.4 Å². The van der Waals surface area contributed by atoms with Crippen LogP contribution < -0.4 is 16.3 Å². The molecule has 1 saturated heterocycles. The smallest absolute Gasteiger partial charge is 0.315 e. The molecule has 8 nitrogen and oxygen atoms in total. The van der Waals surface area contributed by atoms with Gasteiger partial charge in [-0.05, 0) is 68.8 Å². The topological polar surface area (TPSA) is 80.7 Å². The van der Waals surface area contributed by atoms with Gasteiger partial charge in [0.25, 0.3) is 0 Å². The average molecular weight is 491 g/mol. The second kappa shape index (κ2) is 8.76. The van der Waals surface area contributed by atoms with Crippen LogP contribution in [0.3, 0.4) is 0 Å². The lowest BCUT2D eigenvalue weighted by atomic mass is 10.00. The van der Waals surface area contributed by atoms with Crippen molar-refractivity contribution in [3.63, 3.8) is 0 Å². The van der Waals surface area contributed by atoms with Gasteiger partial charge in [0.2, 0.25) is 0 Å². The van der Waals surface area contributed by atoms with E-state index in [9.17, 15) is 14.4 Å². The zero-order valence-corrected chi connectivity index (χ0v) is 20.0.